The lowest BCUT2D eigenvalue weighted by Crippen LogP contribution is -2.37. The summed E-state index contributed by atoms with van der Waals surface area (Å²) < 4.78 is 20.1. The molecule has 2 atom stereocenters. The highest BCUT2D eigenvalue weighted by atomic mass is 19.1. The molecule has 0 N–H and O–H groups in total. The molecular formula is C21H37FO. The van der Waals surface area contributed by atoms with Crippen LogP contribution in [0.3, 0.4) is 0 Å². The average Bonchev–Trinajstić information content (AvgIpc) is 2.46. The van der Waals surface area contributed by atoms with Gasteiger partial charge in [-0.25, -0.2) is 4.39 Å². The zero-order valence-corrected chi connectivity index (χ0v) is 15.8. The van der Waals surface area contributed by atoms with Crippen LogP contribution >= 0.6 is 0 Å². The van der Waals surface area contributed by atoms with Crippen molar-refractivity contribution in [2.45, 2.75) is 97.5 Å². The van der Waals surface area contributed by atoms with E-state index < -0.39 is 5.60 Å². The summed E-state index contributed by atoms with van der Waals surface area (Å²) in [7, 11) is 0. The Morgan fingerprint density at radius 3 is 2.43 bits per heavy atom. The van der Waals surface area contributed by atoms with Gasteiger partial charge in [-0.3, -0.25) is 0 Å². The lowest BCUT2D eigenvalue weighted by molar-refractivity contribution is -0.0405. The van der Waals surface area contributed by atoms with Crippen molar-refractivity contribution in [1.82, 2.24) is 0 Å². The van der Waals surface area contributed by atoms with Crippen molar-refractivity contribution < 1.29 is 9.13 Å². The standard InChI is InChI=1S/C21H37FO/c1-5-10-21(11-6-2)15-18(16-21)8-7-13-23-20(4)12-9-17(3)14-19(20)22/h14,17-18H,5-13,15-16H2,1-4H3/t17?,20-/m1/s1. The van der Waals surface area contributed by atoms with E-state index in [4.69, 9.17) is 4.74 Å². The van der Waals surface area contributed by atoms with Gasteiger partial charge in [-0.2, -0.15) is 0 Å². The van der Waals surface area contributed by atoms with Crippen LogP contribution in [0, 0.1) is 17.3 Å². The predicted molar refractivity (Wildman–Crippen MR) is 96.2 cm³/mol. The quantitative estimate of drug-likeness (QED) is 0.423. The first-order valence-corrected chi connectivity index (χ1v) is 9.95. The summed E-state index contributed by atoms with van der Waals surface area (Å²) in [5.41, 5.74) is 0.00958. The minimum Gasteiger partial charge on any atom is -0.368 e. The van der Waals surface area contributed by atoms with Crippen molar-refractivity contribution in [1.29, 1.82) is 0 Å². The Morgan fingerprint density at radius 2 is 1.87 bits per heavy atom. The maximum Gasteiger partial charge on any atom is 0.128 e. The van der Waals surface area contributed by atoms with Crippen LogP contribution in [0.1, 0.15) is 91.9 Å². The maximum absolute atomic E-state index is 14.2. The molecular weight excluding hydrogens is 287 g/mol. The second kappa shape index (κ2) is 8.14. The van der Waals surface area contributed by atoms with E-state index in [1.807, 2.05) is 6.92 Å². The lowest BCUT2D eigenvalue weighted by Gasteiger charge is -2.48. The van der Waals surface area contributed by atoms with Crippen LogP contribution < -0.4 is 0 Å². The number of halogens is 1. The molecule has 0 aromatic heterocycles. The van der Waals surface area contributed by atoms with Gasteiger partial charge in [0.15, 0.2) is 0 Å². The molecule has 134 valence electrons. The van der Waals surface area contributed by atoms with E-state index >= 15 is 0 Å². The highest BCUT2D eigenvalue weighted by molar-refractivity contribution is 5.13. The normalized spacial score (nSPS) is 30.8. The second-order valence-electron chi connectivity index (χ2n) is 8.53. The number of hydrogen-bond acceptors (Lipinski definition) is 1. The largest absolute Gasteiger partial charge is 0.368 e. The molecule has 1 saturated carbocycles. The molecule has 0 spiro atoms. The zero-order chi connectivity index (χ0) is 16.9. The average molecular weight is 325 g/mol. The van der Waals surface area contributed by atoms with E-state index in [-0.39, 0.29) is 5.83 Å². The van der Waals surface area contributed by atoms with E-state index in [0.29, 0.717) is 17.9 Å². The van der Waals surface area contributed by atoms with Gasteiger partial charge in [0.05, 0.1) is 0 Å². The van der Waals surface area contributed by atoms with E-state index in [1.165, 1.54) is 44.9 Å². The van der Waals surface area contributed by atoms with Crippen LogP contribution in [0.4, 0.5) is 4.39 Å². The van der Waals surface area contributed by atoms with Gasteiger partial charge in [0.2, 0.25) is 0 Å². The molecule has 0 aromatic carbocycles. The predicted octanol–water partition coefficient (Wildman–Crippen LogP) is 6.82. The van der Waals surface area contributed by atoms with E-state index in [0.717, 1.165) is 25.2 Å². The number of ether oxygens (including phenoxy) is 1. The summed E-state index contributed by atoms with van der Waals surface area (Å²) in [6.07, 6.45) is 14.2. The van der Waals surface area contributed by atoms with Crippen molar-refractivity contribution in [2.75, 3.05) is 6.61 Å². The highest BCUT2D eigenvalue weighted by Gasteiger charge is 2.42. The Kier molecular flexibility index (Phi) is 6.71. The van der Waals surface area contributed by atoms with Crippen molar-refractivity contribution in [3.8, 4) is 0 Å². The molecule has 0 heterocycles. The summed E-state index contributed by atoms with van der Waals surface area (Å²) in [4.78, 5) is 0. The van der Waals surface area contributed by atoms with Crippen LogP contribution in [0.25, 0.3) is 0 Å². The Bertz CT molecular complexity index is 389. The SMILES string of the molecule is CCCC1(CCC)CC(CCCO[C@]2(C)CCC(C)C=C2F)C1. The van der Waals surface area contributed by atoms with Crippen LogP contribution in [0.5, 0.6) is 0 Å². The van der Waals surface area contributed by atoms with Gasteiger partial charge in [0, 0.05) is 6.61 Å². The summed E-state index contributed by atoms with van der Waals surface area (Å²) >= 11 is 0. The summed E-state index contributed by atoms with van der Waals surface area (Å²) in [5, 5.41) is 0. The van der Waals surface area contributed by atoms with Gasteiger partial charge in [0.1, 0.15) is 11.4 Å². The first kappa shape index (κ1) is 19.0. The first-order valence-electron chi connectivity index (χ1n) is 9.95. The van der Waals surface area contributed by atoms with Crippen molar-refractivity contribution in [2.24, 2.45) is 17.3 Å². The molecule has 1 fully saturated rings. The van der Waals surface area contributed by atoms with E-state index in [2.05, 4.69) is 20.8 Å². The molecule has 2 rings (SSSR count). The van der Waals surface area contributed by atoms with Crippen LogP contribution in [-0.2, 0) is 4.74 Å². The molecule has 2 aliphatic rings. The first-order chi connectivity index (χ1) is 10.9. The fourth-order valence-corrected chi connectivity index (χ4v) is 4.91. The smallest absolute Gasteiger partial charge is 0.128 e. The van der Waals surface area contributed by atoms with Gasteiger partial charge in [0.25, 0.3) is 0 Å². The Hall–Kier alpha value is -0.370. The van der Waals surface area contributed by atoms with E-state index in [1.54, 1.807) is 6.08 Å². The third-order valence-electron chi connectivity index (χ3n) is 6.19. The molecule has 2 heteroatoms. The minimum absolute atomic E-state index is 0.0511. The van der Waals surface area contributed by atoms with Crippen molar-refractivity contribution in [3.63, 3.8) is 0 Å². The molecule has 0 aliphatic heterocycles. The fourth-order valence-electron chi connectivity index (χ4n) is 4.91. The monoisotopic (exact) mass is 324 g/mol. The number of allylic oxidation sites excluding steroid dienone is 1. The Balaban J connectivity index is 1.66. The number of hydrogen-bond donors (Lipinski definition) is 0. The fraction of sp³-hybridized carbons (Fsp3) is 0.905. The molecule has 0 radical (unpaired) electrons. The third kappa shape index (κ3) is 4.81. The minimum atomic E-state index is -0.652. The van der Waals surface area contributed by atoms with E-state index in [9.17, 15) is 4.39 Å². The molecule has 0 saturated heterocycles. The molecule has 1 unspecified atom stereocenters. The molecule has 0 bridgehead atoms. The van der Waals surface area contributed by atoms with Crippen molar-refractivity contribution >= 4 is 0 Å². The second-order valence-corrected chi connectivity index (χ2v) is 8.53. The Labute approximate surface area is 143 Å². The van der Waals surface area contributed by atoms with Gasteiger partial charge in [-0.15, -0.1) is 0 Å². The summed E-state index contributed by atoms with van der Waals surface area (Å²) in [5.74, 6) is 1.19. The lowest BCUT2D eigenvalue weighted by atomic mass is 9.57. The zero-order valence-electron chi connectivity index (χ0n) is 15.8. The summed E-state index contributed by atoms with van der Waals surface area (Å²) in [6, 6.07) is 0. The maximum atomic E-state index is 14.2. The molecule has 0 amide bonds. The van der Waals surface area contributed by atoms with Gasteiger partial charge in [-0.05, 0) is 81.6 Å². The molecule has 2 aliphatic carbocycles. The van der Waals surface area contributed by atoms with Crippen LogP contribution in [-0.4, -0.2) is 12.2 Å². The molecule has 0 aromatic rings. The van der Waals surface area contributed by atoms with Crippen LogP contribution in [0.15, 0.2) is 11.9 Å². The molecule has 1 nitrogen and oxygen atoms in total. The topological polar surface area (TPSA) is 9.23 Å². The van der Waals surface area contributed by atoms with Gasteiger partial charge in [-0.1, -0.05) is 33.6 Å². The van der Waals surface area contributed by atoms with Gasteiger partial charge >= 0.3 is 0 Å². The molecule has 23 heavy (non-hydrogen) atoms. The third-order valence-corrected chi connectivity index (χ3v) is 6.19. The van der Waals surface area contributed by atoms with Gasteiger partial charge < -0.3 is 4.74 Å². The number of rotatable bonds is 9. The highest BCUT2D eigenvalue weighted by Crippen LogP contribution is 2.53. The van der Waals surface area contributed by atoms with Crippen LogP contribution in [0.2, 0.25) is 0 Å². The summed E-state index contributed by atoms with van der Waals surface area (Å²) in [6.45, 7) is 9.33. The van der Waals surface area contributed by atoms with Crippen molar-refractivity contribution in [3.05, 3.63) is 11.9 Å². The Morgan fingerprint density at radius 1 is 1.22 bits per heavy atom.